The van der Waals surface area contributed by atoms with Gasteiger partial charge in [-0.3, -0.25) is 9.79 Å². The molecule has 0 heterocycles. The van der Waals surface area contributed by atoms with Crippen molar-refractivity contribution < 1.29 is 9.53 Å². The molecule has 0 saturated heterocycles. The van der Waals surface area contributed by atoms with E-state index in [4.69, 9.17) is 4.74 Å². The van der Waals surface area contributed by atoms with Crippen molar-refractivity contribution >= 4 is 18.4 Å². The predicted molar refractivity (Wildman–Crippen MR) is 67.7 cm³/mol. The number of hydrogen-bond donors (Lipinski definition) is 0. The Bertz CT molecular complexity index is 447. The molecule has 90 valence electrons. The average molecular weight is 231 g/mol. The van der Waals surface area contributed by atoms with Crippen molar-refractivity contribution in [1.82, 2.24) is 0 Å². The van der Waals surface area contributed by atoms with Crippen LogP contribution in [0.25, 0.3) is 0 Å². The fourth-order valence-electron chi connectivity index (χ4n) is 2.75. The molecule has 0 bridgehead atoms. The van der Waals surface area contributed by atoms with Gasteiger partial charge in [0.25, 0.3) is 0 Å². The summed E-state index contributed by atoms with van der Waals surface area (Å²) >= 11 is 0. The molecule has 3 nitrogen and oxygen atoms in total. The zero-order valence-corrected chi connectivity index (χ0v) is 10.3. The van der Waals surface area contributed by atoms with Gasteiger partial charge in [-0.25, -0.2) is 0 Å². The minimum Gasteiger partial charge on any atom is -0.468 e. The maximum absolute atomic E-state index is 12.0. The van der Waals surface area contributed by atoms with E-state index in [9.17, 15) is 4.79 Å². The molecule has 2 rings (SSSR count). The first-order chi connectivity index (χ1) is 8.12. The van der Waals surface area contributed by atoms with E-state index in [1.54, 1.807) is 0 Å². The number of nitrogens with zero attached hydrogens (tertiary/aromatic N) is 1. The number of hydrogen-bond acceptors (Lipinski definition) is 3. The molecule has 0 spiro atoms. The van der Waals surface area contributed by atoms with Crippen LogP contribution in [0.4, 0.5) is 5.69 Å². The molecule has 0 atom stereocenters. The van der Waals surface area contributed by atoms with E-state index < -0.39 is 5.41 Å². The molecule has 0 aliphatic heterocycles. The summed E-state index contributed by atoms with van der Waals surface area (Å²) in [5, 5.41) is 0. The van der Waals surface area contributed by atoms with Crippen molar-refractivity contribution in [3.8, 4) is 0 Å². The van der Waals surface area contributed by atoms with Gasteiger partial charge in [0.2, 0.25) is 0 Å². The second-order valence-electron chi connectivity index (χ2n) is 4.80. The zero-order chi connectivity index (χ0) is 12.5. The lowest BCUT2D eigenvalue weighted by Gasteiger charge is -2.44. The number of esters is 1. The summed E-state index contributed by atoms with van der Waals surface area (Å²) in [6.07, 6.45) is 1.69. The number of carbonyl (C=O) groups is 1. The first-order valence-corrected chi connectivity index (χ1v) is 5.78. The lowest BCUT2D eigenvalue weighted by molar-refractivity contribution is -0.153. The van der Waals surface area contributed by atoms with Gasteiger partial charge in [0, 0.05) is 0 Å². The van der Waals surface area contributed by atoms with E-state index in [2.05, 4.69) is 18.6 Å². The van der Waals surface area contributed by atoms with Crippen LogP contribution in [-0.2, 0) is 14.9 Å². The summed E-state index contributed by atoms with van der Waals surface area (Å²) in [5.41, 5.74) is 1.33. The molecule has 0 aromatic heterocycles. The fraction of sp³-hybridized carbons (Fsp3) is 0.429. The molecule has 0 N–H and O–H groups in total. The normalized spacial score (nSPS) is 27.1. The van der Waals surface area contributed by atoms with E-state index >= 15 is 0 Å². The SMILES string of the molecule is C=Nc1cccc(C2(C(=O)OC)CC(C)C2)c1. The van der Waals surface area contributed by atoms with Crippen molar-refractivity contribution in [3.63, 3.8) is 0 Å². The molecule has 0 unspecified atom stereocenters. The molecule has 1 aromatic rings. The van der Waals surface area contributed by atoms with Crippen LogP contribution in [0.5, 0.6) is 0 Å². The van der Waals surface area contributed by atoms with Gasteiger partial charge in [-0.2, -0.15) is 0 Å². The Morgan fingerprint density at radius 3 is 2.76 bits per heavy atom. The second kappa shape index (κ2) is 4.32. The molecule has 1 aliphatic carbocycles. The Balaban J connectivity index is 2.40. The minimum absolute atomic E-state index is 0.142. The van der Waals surface area contributed by atoms with Gasteiger partial charge in [-0.05, 0) is 43.2 Å². The Hall–Kier alpha value is -1.64. The van der Waals surface area contributed by atoms with Crippen LogP contribution >= 0.6 is 0 Å². The molecule has 0 amide bonds. The van der Waals surface area contributed by atoms with Crippen LogP contribution < -0.4 is 0 Å². The highest BCUT2D eigenvalue weighted by atomic mass is 16.5. The van der Waals surface area contributed by atoms with Crippen LogP contribution in [0.2, 0.25) is 0 Å². The highest BCUT2D eigenvalue weighted by Gasteiger charge is 2.50. The fourth-order valence-corrected chi connectivity index (χ4v) is 2.75. The summed E-state index contributed by atoms with van der Waals surface area (Å²) < 4.78 is 4.95. The molecule has 1 aliphatic rings. The van der Waals surface area contributed by atoms with E-state index in [1.807, 2.05) is 24.3 Å². The van der Waals surface area contributed by atoms with Crippen molar-refractivity contribution in [2.75, 3.05) is 7.11 Å². The van der Waals surface area contributed by atoms with Gasteiger partial charge in [-0.15, -0.1) is 0 Å². The number of benzene rings is 1. The predicted octanol–water partition coefficient (Wildman–Crippen LogP) is 2.86. The lowest BCUT2D eigenvalue weighted by Crippen LogP contribution is -2.47. The molecule has 0 radical (unpaired) electrons. The number of aliphatic imine (C=N–C) groups is 1. The Morgan fingerprint density at radius 2 is 2.24 bits per heavy atom. The molecule has 1 aromatic carbocycles. The van der Waals surface area contributed by atoms with E-state index in [0.29, 0.717) is 5.92 Å². The van der Waals surface area contributed by atoms with Gasteiger partial charge < -0.3 is 4.74 Å². The highest BCUT2D eigenvalue weighted by Crippen LogP contribution is 2.48. The zero-order valence-electron chi connectivity index (χ0n) is 10.3. The first kappa shape index (κ1) is 11.8. The monoisotopic (exact) mass is 231 g/mol. The average Bonchev–Trinajstić information content (AvgIpc) is 2.33. The van der Waals surface area contributed by atoms with E-state index in [0.717, 1.165) is 24.1 Å². The standard InChI is InChI=1S/C14H17NO2/c1-10-8-14(9-10,13(16)17-3)11-5-4-6-12(7-11)15-2/h4-7,10H,2,8-9H2,1,3H3. The van der Waals surface area contributed by atoms with E-state index in [-0.39, 0.29) is 5.97 Å². The number of methoxy groups -OCH3 is 1. The molecule has 17 heavy (non-hydrogen) atoms. The van der Waals surface area contributed by atoms with Crippen LogP contribution in [0.15, 0.2) is 29.3 Å². The van der Waals surface area contributed by atoms with Crippen molar-refractivity contribution in [3.05, 3.63) is 29.8 Å². The minimum atomic E-state index is -0.463. The number of carbonyl (C=O) groups excluding carboxylic acids is 1. The largest absolute Gasteiger partial charge is 0.468 e. The van der Waals surface area contributed by atoms with Crippen LogP contribution in [0.3, 0.4) is 0 Å². The van der Waals surface area contributed by atoms with Gasteiger partial charge >= 0.3 is 5.97 Å². The molecule has 1 fully saturated rings. The maximum Gasteiger partial charge on any atom is 0.316 e. The first-order valence-electron chi connectivity index (χ1n) is 5.78. The van der Waals surface area contributed by atoms with Gasteiger partial charge in [0.1, 0.15) is 0 Å². The Labute approximate surface area is 102 Å². The molecule has 3 heteroatoms. The van der Waals surface area contributed by atoms with Crippen molar-refractivity contribution in [2.24, 2.45) is 10.9 Å². The summed E-state index contributed by atoms with van der Waals surface area (Å²) in [7, 11) is 1.45. The van der Waals surface area contributed by atoms with E-state index in [1.165, 1.54) is 7.11 Å². The van der Waals surface area contributed by atoms with Gasteiger partial charge in [0.05, 0.1) is 18.2 Å². The molecular weight excluding hydrogens is 214 g/mol. The summed E-state index contributed by atoms with van der Waals surface area (Å²) in [6, 6.07) is 7.68. The van der Waals surface area contributed by atoms with Crippen LogP contribution in [0, 0.1) is 5.92 Å². The van der Waals surface area contributed by atoms with Gasteiger partial charge in [0.15, 0.2) is 0 Å². The maximum atomic E-state index is 12.0. The van der Waals surface area contributed by atoms with Crippen LogP contribution in [-0.4, -0.2) is 19.8 Å². The molecular formula is C14H17NO2. The number of ether oxygens (including phenoxy) is 1. The number of rotatable bonds is 3. The van der Waals surface area contributed by atoms with Crippen molar-refractivity contribution in [1.29, 1.82) is 0 Å². The highest BCUT2D eigenvalue weighted by molar-refractivity contribution is 5.84. The summed E-state index contributed by atoms with van der Waals surface area (Å²) in [6.45, 7) is 5.66. The van der Waals surface area contributed by atoms with Gasteiger partial charge in [-0.1, -0.05) is 19.1 Å². The van der Waals surface area contributed by atoms with Crippen LogP contribution in [0.1, 0.15) is 25.3 Å². The smallest absolute Gasteiger partial charge is 0.316 e. The third-order valence-corrected chi connectivity index (χ3v) is 3.55. The lowest BCUT2D eigenvalue weighted by atomic mass is 9.59. The Kier molecular flexibility index (Phi) is 3.01. The third-order valence-electron chi connectivity index (χ3n) is 3.55. The molecule has 1 saturated carbocycles. The van der Waals surface area contributed by atoms with Crippen molar-refractivity contribution in [2.45, 2.75) is 25.2 Å². The quantitative estimate of drug-likeness (QED) is 0.592. The summed E-state index contributed by atoms with van der Waals surface area (Å²) in [4.78, 5) is 15.9. The summed E-state index contributed by atoms with van der Waals surface area (Å²) in [5.74, 6) is 0.422. The Morgan fingerprint density at radius 1 is 1.53 bits per heavy atom. The topological polar surface area (TPSA) is 38.7 Å². The second-order valence-corrected chi connectivity index (χ2v) is 4.80. The third kappa shape index (κ3) is 1.86.